The number of nitrogens with two attached hydrogens (primary N) is 1. The van der Waals surface area contributed by atoms with Crippen LogP contribution in [0.2, 0.25) is 0 Å². The molecule has 3 nitrogen and oxygen atoms in total. The highest BCUT2D eigenvalue weighted by Gasteiger charge is 2.14. The number of esters is 1. The molecule has 1 aromatic carbocycles. The number of ether oxygens (including phenoxy) is 1. The smallest absolute Gasteiger partial charge is 0.338 e. The van der Waals surface area contributed by atoms with E-state index < -0.39 is 0 Å². The highest BCUT2D eigenvalue weighted by atomic mass is 16.5. The zero-order valence-corrected chi connectivity index (χ0v) is 19.6. The Morgan fingerprint density at radius 1 is 0.867 bits per heavy atom. The van der Waals surface area contributed by atoms with Crippen LogP contribution in [0.4, 0.5) is 5.69 Å². The number of hydrogen-bond donors (Lipinski definition) is 1. The van der Waals surface area contributed by atoms with Crippen LogP contribution < -0.4 is 5.73 Å². The zero-order chi connectivity index (χ0) is 22.5. The van der Waals surface area contributed by atoms with Crippen LogP contribution in [-0.2, 0) is 4.74 Å². The van der Waals surface area contributed by atoms with E-state index in [9.17, 15) is 4.79 Å². The maximum Gasteiger partial charge on any atom is 0.338 e. The summed E-state index contributed by atoms with van der Waals surface area (Å²) in [4.78, 5) is 12.6. The molecule has 164 valence electrons. The molecule has 1 rings (SSSR count). The van der Waals surface area contributed by atoms with Crippen LogP contribution in [0.3, 0.4) is 0 Å². The molecule has 1 atom stereocenters. The van der Waals surface area contributed by atoms with Gasteiger partial charge in [-0.1, -0.05) is 40.5 Å². The third-order valence-electron chi connectivity index (χ3n) is 4.76. The number of allylic oxidation sites excluding steroid dienone is 6. The normalized spacial score (nSPS) is 12.9. The summed E-state index contributed by atoms with van der Waals surface area (Å²) in [6.45, 7) is 12.7. The molecular weight excluding hydrogens is 370 g/mol. The van der Waals surface area contributed by atoms with Gasteiger partial charge >= 0.3 is 5.97 Å². The first-order valence-corrected chi connectivity index (χ1v) is 10.8. The Balaban J connectivity index is 2.86. The second-order valence-corrected chi connectivity index (χ2v) is 8.51. The van der Waals surface area contributed by atoms with Crippen LogP contribution in [0.1, 0.15) is 84.0 Å². The van der Waals surface area contributed by atoms with Crippen molar-refractivity contribution in [1.29, 1.82) is 0 Å². The number of carbonyl (C=O) groups excluding carboxylic acids is 1. The van der Waals surface area contributed by atoms with Gasteiger partial charge in [-0.2, -0.15) is 0 Å². The van der Waals surface area contributed by atoms with E-state index in [1.54, 1.807) is 24.3 Å². The fraction of sp³-hybridized carbons (Fsp3) is 0.444. The van der Waals surface area contributed by atoms with Crippen LogP contribution >= 0.6 is 0 Å². The van der Waals surface area contributed by atoms with E-state index in [2.05, 4.69) is 65.8 Å². The molecule has 0 aliphatic carbocycles. The minimum absolute atomic E-state index is 0.278. The maximum absolute atomic E-state index is 12.6. The summed E-state index contributed by atoms with van der Waals surface area (Å²) >= 11 is 0. The van der Waals surface area contributed by atoms with Crippen molar-refractivity contribution in [2.45, 2.75) is 79.8 Å². The molecule has 0 spiro atoms. The van der Waals surface area contributed by atoms with Gasteiger partial charge < -0.3 is 10.5 Å². The average Bonchev–Trinajstić information content (AvgIpc) is 2.66. The molecule has 0 bridgehead atoms. The molecule has 1 aromatic rings. The molecule has 0 aromatic heterocycles. The van der Waals surface area contributed by atoms with Gasteiger partial charge in [0.05, 0.1) is 5.56 Å². The lowest BCUT2D eigenvalue weighted by Gasteiger charge is -2.15. The molecule has 0 aliphatic heterocycles. The molecule has 0 heterocycles. The van der Waals surface area contributed by atoms with E-state index in [0.29, 0.717) is 17.7 Å². The molecular formula is C27H39NO2. The zero-order valence-electron chi connectivity index (χ0n) is 19.6. The van der Waals surface area contributed by atoms with E-state index in [0.717, 1.165) is 25.7 Å². The van der Waals surface area contributed by atoms with Gasteiger partial charge in [0, 0.05) is 12.1 Å². The molecule has 0 saturated heterocycles. The van der Waals surface area contributed by atoms with E-state index in [1.165, 1.54) is 22.3 Å². The summed E-state index contributed by atoms with van der Waals surface area (Å²) in [5.41, 5.74) is 12.1. The summed E-state index contributed by atoms with van der Waals surface area (Å²) in [5, 5.41) is 0. The second kappa shape index (κ2) is 13.6. The van der Waals surface area contributed by atoms with Gasteiger partial charge in [0.25, 0.3) is 0 Å². The number of anilines is 1. The van der Waals surface area contributed by atoms with Gasteiger partial charge in [0.15, 0.2) is 0 Å². The van der Waals surface area contributed by atoms with Crippen LogP contribution in [0.15, 0.2) is 70.9 Å². The van der Waals surface area contributed by atoms with Gasteiger partial charge in [-0.25, -0.2) is 4.79 Å². The summed E-state index contributed by atoms with van der Waals surface area (Å²) in [7, 11) is 0. The van der Waals surface area contributed by atoms with Gasteiger partial charge in [-0.15, -0.1) is 0 Å². The first kappa shape index (κ1) is 25.5. The Morgan fingerprint density at radius 3 is 1.93 bits per heavy atom. The standard InChI is InChI=1S/C27H39NO2/c1-20(2)9-7-11-22(5)13-18-26(19-23(6)12-8-10-21(3)4)30-27(29)24-14-16-25(28)17-15-24/h9-10,13-17,19,26H,7-8,11-12,18,28H2,1-6H3. The van der Waals surface area contributed by atoms with Crippen molar-refractivity contribution in [1.82, 2.24) is 0 Å². The van der Waals surface area contributed by atoms with E-state index in [4.69, 9.17) is 10.5 Å². The minimum Gasteiger partial charge on any atom is -0.454 e. The topological polar surface area (TPSA) is 52.3 Å². The van der Waals surface area contributed by atoms with Gasteiger partial charge in [0.1, 0.15) is 6.10 Å². The highest BCUT2D eigenvalue weighted by Crippen LogP contribution is 2.16. The van der Waals surface area contributed by atoms with Gasteiger partial charge in [-0.05, 0) is 97.6 Å². The van der Waals surface area contributed by atoms with Crippen molar-refractivity contribution in [2.24, 2.45) is 0 Å². The van der Waals surface area contributed by atoms with Crippen LogP contribution in [0, 0.1) is 0 Å². The Morgan fingerprint density at radius 2 is 1.40 bits per heavy atom. The lowest BCUT2D eigenvalue weighted by Crippen LogP contribution is -2.16. The third kappa shape index (κ3) is 11.5. The van der Waals surface area contributed by atoms with Crippen LogP contribution in [-0.4, -0.2) is 12.1 Å². The summed E-state index contributed by atoms with van der Waals surface area (Å²) in [6, 6.07) is 6.86. The van der Waals surface area contributed by atoms with Crippen molar-refractivity contribution in [3.05, 3.63) is 76.4 Å². The molecule has 0 saturated carbocycles. The number of rotatable bonds is 11. The number of carbonyl (C=O) groups is 1. The number of benzene rings is 1. The lowest BCUT2D eigenvalue weighted by molar-refractivity contribution is 0.0398. The fourth-order valence-corrected chi connectivity index (χ4v) is 2.97. The van der Waals surface area contributed by atoms with Crippen molar-refractivity contribution in [3.63, 3.8) is 0 Å². The van der Waals surface area contributed by atoms with Gasteiger partial charge in [0.2, 0.25) is 0 Å². The largest absolute Gasteiger partial charge is 0.454 e. The summed E-state index contributed by atoms with van der Waals surface area (Å²) in [6.07, 6.45) is 13.2. The molecule has 0 radical (unpaired) electrons. The van der Waals surface area contributed by atoms with Crippen molar-refractivity contribution < 1.29 is 9.53 Å². The molecule has 0 amide bonds. The first-order chi connectivity index (χ1) is 14.2. The third-order valence-corrected chi connectivity index (χ3v) is 4.76. The first-order valence-electron chi connectivity index (χ1n) is 10.8. The Bertz CT molecular complexity index is 787. The van der Waals surface area contributed by atoms with Crippen LogP contribution in [0.5, 0.6) is 0 Å². The second-order valence-electron chi connectivity index (χ2n) is 8.51. The fourth-order valence-electron chi connectivity index (χ4n) is 2.97. The number of hydrogen-bond acceptors (Lipinski definition) is 3. The van der Waals surface area contributed by atoms with E-state index in [-0.39, 0.29) is 12.1 Å². The molecule has 30 heavy (non-hydrogen) atoms. The van der Waals surface area contributed by atoms with Crippen LogP contribution in [0.25, 0.3) is 0 Å². The monoisotopic (exact) mass is 409 g/mol. The SMILES string of the molecule is CC(C)=CCCC(C)=CCC(C=C(C)CCC=C(C)C)OC(=O)c1ccc(N)cc1. The molecule has 0 aliphatic rings. The molecule has 0 fully saturated rings. The Hall–Kier alpha value is -2.55. The minimum atomic E-state index is -0.316. The molecule has 1 unspecified atom stereocenters. The van der Waals surface area contributed by atoms with E-state index >= 15 is 0 Å². The highest BCUT2D eigenvalue weighted by molar-refractivity contribution is 5.90. The van der Waals surface area contributed by atoms with E-state index in [1.807, 2.05) is 0 Å². The predicted molar refractivity (Wildman–Crippen MR) is 130 cm³/mol. The summed E-state index contributed by atoms with van der Waals surface area (Å²) in [5.74, 6) is -0.316. The predicted octanol–water partition coefficient (Wildman–Crippen LogP) is 7.57. The maximum atomic E-state index is 12.6. The van der Waals surface area contributed by atoms with Crippen molar-refractivity contribution in [3.8, 4) is 0 Å². The Kier molecular flexibility index (Phi) is 11.6. The average molecular weight is 410 g/mol. The quantitative estimate of drug-likeness (QED) is 0.233. The lowest BCUT2D eigenvalue weighted by atomic mass is 10.0. The van der Waals surface area contributed by atoms with Gasteiger partial charge in [-0.3, -0.25) is 0 Å². The summed E-state index contributed by atoms with van der Waals surface area (Å²) < 4.78 is 5.84. The number of nitrogen functional groups attached to an aromatic ring is 1. The molecule has 2 N–H and O–H groups in total. The Labute approximate surface area is 183 Å². The molecule has 3 heteroatoms. The van der Waals surface area contributed by atoms with Crippen molar-refractivity contribution in [2.75, 3.05) is 5.73 Å². The van der Waals surface area contributed by atoms with Crippen molar-refractivity contribution >= 4 is 11.7 Å².